The van der Waals surface area contributed by atoms with Gasteiger partial charge in [-0.2, -0.15) is 10.1 Å². The maximum Gasteiger partial charge on any atom is 0.259 e. The summed E-state index contributed by atoms with van der Waals surface area (Å²) in [5.41, 5.74) is 6.47. The van der Waals surface area contributed by atoms with Crippen LogP contribution in [0.2, 0.25) is 0 Å². The topological polar surface area (TPSA) is 104 Å². The highest BCUT2D eigenvalue weighted by Gasteiger charge is 2.34. The Morgan fingerprint density at radius 1 is 0.755 bits per heavy atom. The Labute approximate surface area is 309 Å². The normalized spacial score (nSPS) is 16.6. The van der Waals surface area contributed by atoms with Gasteiger partial charge in [-0.1, -0.05) is 78.9 Å². The number of aromatic nitrogens is 4. The number of nitrogens with zero attached hydrogens (tertiary/aromatic N) is 5. The van der Waals surface area contributed by atoms with Gasteiger partial charge in [-0.05, 0) is 72.7 Å². The van der Waals surface area contributed by atoms with Crippen molar-refractivity contribution in [2.45, 2.75) is 63.9 Å². The van der Waals surface area contributed by atoms with Gasteiger partial charge < -0.3 is 19.5 Å². The number of hydrogen-bond acceptors (Lipinski definition) is 8. The minimum atomic E-state index is -0.0759. The van der Waals surface area contributed by atoms with Crippen molar-refractivity contribution in [3.63, 3.8) is 0 Å². The van der Waals surface area contributed by atoms with Crippen molar-refractivity contribution in [2.75, 3.05) is 17.3 Å². The van der Waals surface area contributed by atoms with Crippen molar-refractivity contribution in [1.29, 1.82) is 0 Å². The number of fused-ring (bicyclic) bond motifs is 1. The molecule has 1 aliphatic heterocycles. The molecule has 2 aliphatic rings. The van der Waals surface area contributed by atoms with Gasteiger partial charge in [-0.15, -0.1) is 0 Å². The molecule has 1 saturated carbocycles. The standard InChI is InChI=1S/C43H42N6O4/c1-51-35-21-15-30(16-22-35)25-48-29-44-41(47-48)33-17-19-34(20-18-33)45-38-14-8-13-36-37(38)26-49(43(36)50)39-23-24-40(52-27-31-9-4-2-5-10-31)46-42(39)53-28-32-11-6-3-7-12-32/h2-16,21-24,29,33-34,45H,17-20,25-28H2,1H3. The van der Waals surface area contributed by atoms with Gasteiger partial charge in [-0.3, -0.25) is 9.69 Å². The van der Waals surface area contributed by atoms with Crippen LogP contribution in [0.15, 0.2) is 122 Å². The Kier molecular flexibility index (Phi) is 10.0. The van der Waals surface area contributed by atoms with Crippen molar-refractivity contribution < 1.29 is 19.0 Å². The third-order valence-corrected chi connectivity index (χ3v) is 10.0. The van der Waals surface area contributed by atoms with Gasteiger partial charge in [0.2, 0.25) is 11.8 Å². The van der Waals surface area contributed by atoms with E-state index in [4.69, 9.17) is 24.3 Å². The van der Waals surface area contributed by atoms with E-state index in [1.165, 1.54) is 0 Å². The van der Waals surface area contributed by atoms with E-state index in [-0.39, 0.29) is 11.9 Å². The van der Waals surface area contributed by atoms with E-state index in [1.54, 1.807) is 18.1 Å². The van der Waals surface area contributed by atoms with Gasteiger partial charge in [-0.25, -0.2) is 9.67 Å². The lowest BCUT2D eigenvalue weighted by atomic mass is 9.85. The molecular weight excluding hydrogens is 665 g/mol. The van der Waals surface area contributed by atoms with Crippen LogP contribution >= 0.6 is 0 Å². The number of amides is 1. The quantitative estimate of drug-likeness (QED) is 0.128. The minimum absolute atomic E-state index is 0.0759. The molecular formula is C43H42N6O4. The Hall–Kier alpha value is -6.16. The molecule has 0 unspecified atom stereocenters. The molecule has 1 fully saturated rings. The zero-order chi connectivity index (χ0) is 36.0. The lowest BCUT2D eigenvalue weighted by Gasteiger charge is -2.29. The molecule has 53 heavy (non-hydrogen) atoms. The molecule has 4 aromatic carbocycles. The molecule has 0 bridgehead atoms. The molecule has 3 heterocycles. The second-order valence-electron chi connectivity index (χ2n) is 13.6. The van der Waals surface area contributed by atoms with Crippen LogP contribution in [0.25, 0.3) is 0 Å². The zero-order valence-corrected chi connectivity index (χ0v) is 29.7. The van der Waals surface area contributed by atoms with E-state index >= 15 is 0 Å². The van der Waals surface area contributed by atoms with Gasteiger partial charge in [0.05, 0.1) is 20.2 Å². The largest absolute Gasteiger partial charge is 0.497 e. The summed E-state index contributed by atoms with van der Waals surface area (Å²) in [6.45, 7) is 1.77. The second-order valence-corrected chi connectivity index (χ2v) is 13.6. The van der Waals surface area contributed by atoms with Gasteiger partial charge in [0.25, 0.3) is 5.91 Å². The number of benzene rings is 4. The van der Waals surface area contributed by atoms with E-state index < -0.39 is 0 Å². The summed E-state index contributed by atoms with van der Waals surface area (Å²) in [5, 5.41) is 8.62. The Morgan fingerprint density at radius 2 is 1.47 bits per heavy atom. The van der Waals surface area contributed by atoms with Crippen LogP contribution in [0.4, 0.5) is 11.4 Å². The van der Waals surface area contributed by atoms with Crippen LogP contribution in [-0.2, 0) is 26.3 Å². The number of ether oxygens (including phenoxy) is 3. The summed E-state index contributed by atoms with van der Waals surface area (Å²) < 4.78 is 19.5. The fourth-order valence-electron chi connectivity index (χ4n) is 7.13. The summed E-state index contributed by atoms with van der Waals surface area (Å²) in [5.74, 6) is 2.79. The number of rotatable bonds is 13. The molecule has 0 radical (unpaired) electrons. The lowest BCUT2D eigenvalue weighted by molar-refractivity contribution is 0.0995. The van der Waals surface area contributed by atoms with Crippen molar-refractivity contribution in [3.8, 4) is 17.5 Å². The van der Waals surface area contributed by atoms with E-state index in [9.17, 15) is 4.79 Å². The maximum atomic E-state index is 14.0. The van der Waals surface area contributed by atoms with E-state index in [2.05, 4.69) is 28.5 Å². The maximum absolute atomic E-state index is 14.0. The van der Waals surface area contributed by atoms with Crippen LogP contribution in [0.3, 0.4) is 0 Å². The SMILES string of the molecule is COc1ccc(Cn2cnc(C3CCC(Nc4cccc5c4CN(c4ccc(OCc6ccccc6)nc4OCc4ccccc4)C5=O)CC3)n2)cc1. The third-order valence-electron chi connectivity index (χ3n) is 10.0. The van der Waals surface area contributed by atoms with Crippen molar-refractivity contribution >= 4 is 17.3 Å². The molecule has 1 amide bonds. The van der Waals surface area contributed by atoms with Gasteiger partial charge in [0.1, 0.15) is 31.0 Å². The van der Waals surface area contributed by atoms with Crippen LogP contribution in [-0.4, -0.2) is 38.8 Å². The van der Waals surface area contributed by atoms with Crippen LogP contribution in [0.5, 0.6) is 17.5 Å². The van der Waals surface area contributed by atoms with E-state index in [1.807, 2.05) is 102 Å². The highest BCUT2D eigenvalue weighted by molar-refractivity contribution is 6.11. The first-order chi connectivity index (χ1) is 26.1. The lowest BCUT2D eigenvalue weighted by Crippen LogP contribution is -2.26. The first kappa shape index (κ1) is 34.0. The number of carbonyl (C=O) groups excluding carboxylic acids is 1. The van der Waals surface area contributed by atoms with Crippen LogP contribution < -0.4 is 24.4 Å². The van der Waals surface area contributed by atoms with Crippen molar-refractivity contribution in [3.05, 3.63) is 155 Å². The highest BCUT2D eigenvalue weighted by Crippen LogP contribution is 2.39. The average Bonchev–Trinajstić information content (AvgIpc) is 3.82. The fraction of sp³-hybridized carbons (Fsp3) is 0.256. The first-order valence-electron chi connectivity index (χ1n) is 18.2. The molecule has 1 N–H and O–H groups in total. The van der Waals surface area contributed by atoms with Crippen LogP contribution in [0.1, 0.15) is 70.0 Å². The Morgan fingerprint density at radius 3 is 2.19 bits per heavy atom. The second kappa shape index (κ2) is 15.6. The Bertz CT molecular complexity index is 2150. The number of methoxy groups -OCH3 is 1. The molecule has 0 spiro atoms. The molecule has 6 aromatic rings. The monoisotopic (exact) mass is 706 g/mol. The summed E-state index contributed by atoms with van der Waals surface area (Å²) in [6.07, 6.45) is 5.81. The molecule has 2 aromatic heterocycles. The number of carbonyl (C=O) groups is 1. The summed E-state index contributed by atoms with van der Waals surface area (Å²) in [6, 6.07) is 37.8. The van der Waals surface area contributed by atoms with Crippen LogP contribution in [0, 0.1) is 0 Å². The minimum Gasteiger partial charge on any atom is -0.497 e. The number of hydrogen-bond donors (Lipinski definition) is 1. The highest BCUT2D eigenvalue weighted by atomic mass is 16.5. The van der Waals surface area contributed by atoms with Gasteiger partial charge in [0, 0.05) is 34.8 Å². The Balaban J connectivity index is 0.933. The smallest absolute Gasteiger partial charge is 0.259 e. The predicted molar refractivity (Wildman–Crippen MR) is 203 cm³/mol. The average molecular weight is 707 g/mol. The van der Waals surface area contributed by atoms with Gasteiger partial charge in [0.15, 0.2) is 5.82 Å². The third kappa shape index (κ3) is 7.86. The van der Waals surface area contributed by atoms with Crippen molar-refractivity contribution in [2.24, 2.45) is 0 Å². The number of pyridine rings is 1. The van der Waals surface area contributed by atoms with E-state index in [0.717, 1.165) is 65.2 Å². The summed E-state index contributed by atoms with van der Waals surface area (Å²) >= 11 is 0. The molecule has 10 nitrogen and oxygen atoms in total. The van der Waals surface area contributed by atoms with Crippen molar-refractivity contribution in [1.82, 2.24) is 19.7 Å². The molecule has 0 saturated heterocycles. The van der Waals surface area contributed by atoms with E-state index in [0.29, 0.717) is 55.2 Å². The first-order valence-corrected chi connectivity index (χ1v) is 18.2. The molecule has 10 heteroatoms. The molecule has 1 aliphatic carbocycles. The molecule has 0 atom stereocenters. The molecule has 8 rings (SSSR count). The zero-order valence-electron chi connectivity index (χ0n) is 29.7. The van der Waals surface area contributed by atoms with Gasteiger partial charge >= 0.3 is 0 Å². The number of anilines is 2. The molecule has 268 valence electrons. The summed E-state index contributed by atoms with van der Waals surface area (Å²) in [4.78, 5) is 25.2. The fourth-order valence-corrected chi connectivity index (χ4v) is 7.13. The predicted octanol–water partition coefficient (Wildman–Crippen LogP) is 8.19. The summed E-state index contributed by atoms with van der Waals surface area (Å²) in [7, 11) is 1.67. The number of nitrogens with one attached hydrogen (secondary N) is 1.